The third kappa shape index (κ3) is 4.82. The molecule has 1 aliphatic heterocycles. The fourth-order valence-electron chi connectivity index (χ4n) is 4.50. The number of carbonyl (C=O) groups excluding carboxylic acids is 1. The lowest BCUT2D eigenvalue weighted by atomic mass is 9.49. The summed E-state index contributed by atoms with van der Waals surface area (Å²) < 4.78 is 45.0. The van der Waals surface area contributed by atoms with Crippen LogP contribution in [0.5, 0.6) is 0 Å². The molecule has 1 amide bonds. The second-order valence-electron chi connectivity index (χ2n) is 10.1. The van der Waals surface area contributed by atoms with Gasteiger partial charge >= 0.3 is 0 Å². The number of fused-ring (bicyclic) bond motifs is 3. The van der Waals surface area contributed by atoms with E-state index in [9.17, 15) is 18.4 Å². The molecule has 37 heavy (non-hydrogen) atoms. The van der Waals surface area contributed by atoms with Crippen molar-refractivity contribution in [2.75, 3.05) is 31.1 Å². The number of amides is 1. The van der Waals surface area contributed by atoms with Gasteiger partial charge in [-0.2, -0.15) is 9.49 Å². The summed E-state index contributed by atoms with van der Waals surface area (Å²) in [4.78, 5) is 34.7. The Morgan fingerprint density at radius 1 is 1.08 bits per heavy atom. The highest BCUT2D eigenvalue weighted by atomic mass is 19.1. The van der Waals surface area contributed by atoms with Gasteiger partial charge in [0, 0.05) is 38.3 Å². The number of hydrogen-bond donors (Lipinski definition) is 2. The number of H-pyrrole nitrogens is 1. The van der Waals surface area contributed by atoms with Crippen molar-refractivity contribution in [1.29, 1.82) is 0 Å². The smallest absolute Gasteiger partial charge is 0.277 e. The number of hydrogen-bond acceptors (Lipinski definition) is 6. The van der Waals surface area contributed by atoms with E-state index in [1.165, 1.54) is 6.07 Å². The maximum atomic E-state index is 15.3. The van der Waals surface area contributed by atoms with E-state index in [1.807, 2.05) is 33.3 Å². The first-order valence-corrected chi connectivity index (χ1v) is 11.8. The van der Waals surface area contributed by atoms with E-state index in [0.29, 0.717) is 37.4 Å². The van der Waals surface area contributed by atoms with E-state index in [1.54, 1.807) is 18.2 Å². The summed E-state index contributed by atoms with van der Waals surface area (Å²) in [7, 11) is 5.49. The SMILES string of the molecule is BC(B)(B)NC(=O)c1ccc(N2CCN(Cc3ccc4c([nH]c(=O)c5c(F)cnn54)c3F)CC2)c(F)n1. The van der Waals surface area contributed by atoms with Crippen LogP contribution in [0.1, 0.15) is 16.1 Å². The van der Waals surface area contributed by atoms with Gasteiger partial charge in [0.15, 0.2) is 17.2 Å². The first kappa shape index (κ1) is 24.9. The van der Waals surface area contributed by atoms with Gasteiger partial charge in [-0.3, -0.25) is 14.5 Å². The van der Waals surface area contributed by atoms with Crippen LogP contribution in [0.15, 0.2) is 35.3 Å². The van der Waals surface area contributed by atoms with E-state index in [4.69, 9.17) is 0 Å². The van der Waals surface area contributed by atoms with Crippen molar-refractivity contribution in [2.24, 2.45) is 0 Å². The molecule has 1 aliphatic rings. The molecule has 15 heteroatoms. The molecule has 0 bridgehead atoms. The number of piperazine rings is 1. The Bertz CT molecular complexity index is 1580. The van der Waals surface area contributed by atoms with Crippen LogP contribution in [0.3, 0.4) is 0 Å². The van der Waals surface area contributed by atoms with Crippen LogP contribution in [0.4, 0.5) is 18.9 Å². The third-order valence-corrected chi connectivity index (χ3v) is 6.26. The molecular weight excluding hydrogens is 484 g/mol. The maximum absolute atomic E-state index is 15.3. The zero-order valence-corrected chi connectivity index (χ0v) is 20.6. The summed E-state index contributed by atoms with van der Waals surface area (Å²) in [6, 6.07) is 6.23. The monoisotopic (exact) mass is 507 g/mol. The molecule has 1 aromatic carbocycles. The number of rotatable bonds is 5. The number of aromatic nitrogens is 4. The summed E-state index contributed by atoms with van der Waals surface area (Å²) in [5.41, 5.74) is -0.130. The lowest BCUT2D eigenvalue weighted by Crippen LogP contribution is -2.50. The molecule has 0 atom stereocenters. The van der Waals surface area contributed by atoms with Crippen molar-refractivity contribution in [3.8, 4) is 0 Å². The molecule has 1 fully saturated rings. The Hall–Kier alpha value is -3.74. The molecular formula is C22H23B3F3N7O2. The van der Waals surface area contributed by atoms with Gasteiger partial charge in [0.25, 0.3) is 11.5 Å². The quantitative estimate of drug-likeness (QED) is 0.254. The van der Waals surface area contributed by atoms with Crippen molar-refractivity contribution in [3.05, 3.63) is 69.7 Å². The minimum Gasteiger partial charge on any atom is -0.368 e. The average Bonchev–Trinajstić information content (AvgIpc) is 3.23. The molecule has 1 saturated heterocycles. The number of anilines is 1. The van der Waals surface area contributed by atoms with Crippen molar-refractivity contribution < 1.29 is 18.0 Å². The van der Waals surface area contributed by atoms with Gasteiger partial charge in [-0.15, -0.1) is 0 Å². The Kier molecular flexibility index (Phi) is 6.26. The topological polar surface area (TPSA) is 98.6 Å². The lowest BCUT2D eigenvalue weighted by Gasteiger charge is -2.36. The van der Waals surface area contributed by atoms with Gasteiger partial charge in [0.1, 0.15) is 34.7 Å². The van der Waals surface area contributed by atoms with Crippen LogP contribution in [0.25, 0.3) is 16.6 Å². The standard InChI is InChI=1S/C22H23B3F3N7O2/c23-22(24,25)32-20(36)13-2-4-15(19(28)30-13)34-7-5-33(6-8-34)10-11-1-3-14-17(16(11)27)31-21(37)18-12(26)9-29-35(14)18/h1-4,9H,5-8,10,23-25H2,(H,31,37)(H,32,36). The summed E-state index contributed by atoms with van der Waals surface area (Å²) in [6.07, 6.45) is 0.919. The van der Waals surface area contributed by atoms with Crippen molar-refractivity contribution in [2.45, 2.75) is 11.8 Å². The predicted molar refractivity (Wildman–Crippen MR) is 141 cm³/mol. The molecule has 5 rings (SSSR count). The zero-order chi connectivity index (χ0) is 26.5. The molecule has 2 N–H and O–H groups in total. The number of aromatic amines is 1. The van der Waals surface area contributed by atoms with Crippen LogP contribution >= 0.6 is 0 Å². The van der Waals surface area contributed by atoms with Crippen molar-refractivity contribution >= 4 is 51.7 Å². The van der Waals surface area contributed by atoms with Crippen LogP contribution in [0, 0.1) is 17.6 Å². The maximum Gasteiger partial charge on any atom is 0.277 e. The molecule has 4 heterocycles. The minimum absolute atomic E-state index is 0.00903. The molecule has 0 unspecified atom stereocenters. The highest BCUT2D eigenvalue weighted by Gasteiger charge is 2.24. The molecule has 188 valence electrons. The second-order valence-corrected chi connectivity index (χ2v) is 10.1. The number of halogens is 3. The molecule has 0 radical (unpaired) electrons. The summed E-state index contributed by atoms with van der Waals surface area (Å²) in [5.74, 6) is -2.55. The fraction of sp³-hybridized carbons (Fsp3) is 0.273. The summed E-state index contributed by atoms with van der Waals surface area (Å²) in [5, 5.41) is 6.14. The molecule has 9 nitrogen and oxygen atoms in total. The summed E-state index contributed by atoms with van der Waals surface area (Å²) >= 11 is 0. The zero-order valence-electron chi connectivity index (χ0n) is 20.6. The number of carbonyl (C=O) groups is 1. The van der Waals surface area contributed by atoms with Gasteiger partial charge in [-0.1, -0.05) is 6.07 Å². The van der Waals surface area contributed by atoms with Gasteiger partial charge in [-0.25, -0.2) is 18.3 Å². The predicted octanol–water partition coefficient (Wildman–Crippen LogP) is -1.45. The Balaban J connectivity index is 1.28. The third-order valence-electron chi connectivity index (χ3n) is 6.26. The van der Waals surface area contributed by atoms with Gasteiger partial charge < -0.3 is 15.2 Å². The van der Waals surface area contributed by atoms with Crippen molar-refractivity contribution in [3.63, 3.8) is 0 Å². The Morgan fingerprint density at radius 3 is 2.49 bits per heavy atom. The molecule has 0 spiro atoms. The number of pyridine rings is 1. The largest absolute Gasteiger partial charge is 0.368 e. The normalized spacial score (nSPS) is 14.9. The number of benzene rings is 1. The van der Waals surface area contributed by atoms with Crippen molar-refractivity contribution in [1.82, 2.24) is 29.8 Å². The molecule has 3 aromatic heterocycles. The number of nitrogens with one attached hydrogen (secondary N) is 2. The highest BCUT2D eigenvalue weighted by molar-refractivity contribution is 6.60. The average molecular weight is 507 g/mol. The first-order chi connectivity index (χ1) is 17.5. The van der Waals surface area contributed by atoms with Gasteiger partial charge in [0.2, 0.25) is 5.95 Å². The van der Waals surface area contributed by atoms with E-state index in [-0.39, 0.29) is 28.8 Å². The summed E-state index contributed by atoms with van der Waals surface area (Å²) in [6.45, 7) is 2.29. The minimum atomic E-state index is -0.778. The molecule has 0 saturated carbocycles. The highest BCUT2D eigenvalue weighted by Crippen LogP contribution is 2.24. The van der Waals surface area contributed by atoms with Crippen LogP contribution in [0.2, 0.25) is 0 Å². The lowest BCUT2D eigenvalue weighted by molar-refractivity contribution is 0.0946. The number of nitrogens with zero attached hydrogens (tertiary/aromatic N) is 5. The second kappa shape index (κ2) is 9.29. The van der Waals surface area contributed by atoms with Crippen LogP contribution < -0.4 is 15.8 Å². The van der Waals surface area contributed by atoms with Gasteiger partial charge in [-0.05, 0) is 23.4 Å². The van der Waals surface area contributed by atoms with E-state index in [2.05, 4.69) is 20.4 Å². The molecule has 0 aliphatic carbocycles. The Labute approximate surface area is 212 Å². The van der Waals surface area contributed by atoms with E-state index >= 15 is 4.39 Å². The Morgan fingerprint density at radius 2 is 1.81 bits per heavy atom. The van der Waals surface area contributed by atoms with Crippen LogP contribution in [-0.2, 0) is 6.54 Å². The van der Waals surface area contributed by atoms with E-state index in [0.717, 1.165) is 10.7 Å². The van der Waals surface area contributed by atoms with E-state index < -0.39 is 34.3 Å². The van der Waals surface area contributed by atoms with Gasteiger partial charge in [0.05, 0.1) is 17.4 Å². The first-order valence-electron chi connectivity index (χ1n) is 11.8. The fourth-order valence-corrected chi connectivity index (χ4v) is 4.50. The van der Waals surface area contributed by atoms with Crippen LogP contribution in [-0.4, -0.2) is 85.3 Å². The molecule has 4 aromatic rings.